The molecule has 0 heterocycles. The number of hydrogen-bond donors (Lipinski definition) is 2. The molecule has 2 aromatic rings. The van der Waals surface area contributed by atoms with Crippen LogP contribution in [0.1, 0.15) is 11.1 Å². The van der Waals surface area contributed by atoms with Gasteiger partial charge >= 0.3 is 5.97 Å². The van der Waals surface area contributed by atoms with Crippen LogP contribution in [0.3, 0.4) is 0 Å². The molecule has 2 rings (SSSR count). The van der Waals surface area contributed by atoms with E-state index in [-0.39, 0.29) is 18.9 Å². The molecule has 6 nitrogen and oxygen atoms in total. The van der Waals surface area contributed by atoms with Crippen molar-refractivity contribution in [2.75, 3.05) is 18.5 Å². The van der Waals surface area contributed by atoms with E-state index in [0.29, 0.717) is 5.69 Å². The lowest BCUT2D eigenvalue weighted by molar-refractivity contribution is -0.147. The van der Waals surface area contributed by atoms with Gasteiger partial charge < -0.3 is 15.4 Å². The van der Waals surface area contributed by atoms with Crippen molar-refractivity contribution in [2.45, 2.75) is 13.3 Å². The molecule has 25 heavy (non-hydrogen) atoms. The van der Waals surface area contributed by atoms with Crippen molar-refractivity contribution in [3.05, 3.63) is 65.7 Å². The van der Waals surface area contributed by atoms with Gasteiger partial charge in [0.1, 0.15) is 6.54 Å². The molecule has 0 aliphatic rings. The van der Waals surface area contributed by atoms with Gasteiger partial charge in [-0.2, -0.15) is 0 Å². The molecule has 0 aliphatic carbocycles. The van der Waals surface area contributed by atoms with Gasteiger partial charge in [-0.05, 0) is 30.2 Å². The summed E-state index contributed by atoms with van der Waals surface area (Å²) < 4.78 is 4.84. The number of aryl methyl sites for hydroxylation is 1. The van der Waals surface area contributed by atoms with E-state index >= 15 is 0 Å². The van der Waals surface area contributed by atoms with Gasteiger partial charge in [0.25, 0.3) is 5.91 Å². The van der Waals surface area contributed by atoms with E-state index in [1.165, 1.54) is 0 Å². The number of carbonyl (C=O) groups is 3. The Kier molecular flexibility index (Phi) is 6.71. The molecule has 2 amide bonds. The first-order valence-corrected chi connectivity index (χ1v) is 7.85. The van der Waals surface area contributed by atoms with Gasteiger partial charge in [-0.3, -0.25) is 14.4 Å². The summed E-state index contributed by atoms with van der Waals surface area (Å²) in [5.74, 6) is -1.39. The van der Waals surface area contributed by atoms with Crippen molar-refractivity contribution in [1.29, 1.82) is 0 Å². The van der Waals surface area contributed by atoms with E-state index in [2.05, 4.69) is 10.6 Å². The number of esters is 1. The molecule has 2 aromatic carbocycles. The summed E-state index contributed by atoms with van der Waals surface area (Å²) in [6.45, 7) is 1.23. The summed E-state index contributed by atoms with van der Waals surface area (Å²) in [6.07, 6.45) is 0.183. The quantitative estimate of drug-likeness (QED) is 0.753. The molecular formula is C19H20N2O4. The number of nitrogens with one attached hydrogen (secondary N) is 2. The summed E-state index contributed by atoms with van der Waals surface area (Å²) in [5.41, 5.74) is 2.50. The summed E-state index contributed by atoms with van der Waals surface area (Å²) in [7, 11) is 0. The molecule has 0 radical (unpaired) electrons. The molecule has 0 atom stereocenters. The van der Waals surface area contributed by atoms with Crippen LogP contribution in [0.15, 0.2) is 54.6 Å². The third-order valence-electron chi connectivity index (χ3n) is 3.30. The molecule has 0 saturated carbocycles. The molecule has 0 aromatic heterocycles. The number of anilines is 1. The van der Waals surface area contributed by atoms with Crippen LogP contribution in [0.2, 0.25) is 0 Å². The van der Waals surface area contributed by atoms with Crippen molar-refractivity contribution >= 4 is 23.5 Å². The third kappa shape index (κ3) is 6.87. The molecule has 0 spiro atoms. The zero-order chi connectivity index (χ0) is 18.1. The third-order valence-corrected chi connectivity index (χ3v) is 3.30. The monoisotopic (exact) mass is 340 g/mol. The van der Waals surface area contributed by atoms with Gasteiger partial charge in [-0.15, -0.1) is 0 Å². The second-order valence-corrected chi connectivity index (χ2v) is 5.52. The highest BCUT2D eigenvalue weighted by atomic mass is 16.5. The summed E-state index contributed by atoms with van der Waals surface area (Å²) in [6, 6.07) is 16.5. The Morgan fingerprint density at radius 2 is 1.72 bits per heavy atom. The first-order chi connectivity index (χ1) is 12.0. The van der Waals surface area contributed by atoms with Crippen LogP contribution in [-0.4, -0.2) is 30.9 Å². The lowest BCUT2D eigenvalue weighted by Gasteiger charge is -2.08. The van der Waals surface area contributed by atoms with Gasteiger partial charge in [0, 0.05) is 5.69 Å². The van der Waals surface area contributed by atoms with E-state index in [1.54, 1.807) is 6.07 Å². The average Bonchev–Trinajstić information content (AvgIpc) is 2.59. The van der Waals surface area contributed by atoms with Crippen molar-refractivity contribution in [2.24, 2.45) is 0 Å². The number of carbonyl (C=O) groups excluding carboxylic acids is 3. The number of amides is 2. The van der Waals surface area contributed by atoms with Crippen molar-refractivity contribution in [3.63, 3.8) is 0 Å². The number of rotatable bonds is 7. The van der Waals surface area contributed by atoms with Crippen LogP contribution in [0.5, 0.6) is 0 Å². The number of benzene rings is 2. The zero-order valence-electron chi connectivity index (χ0n) is 14.0. The normalized spacial score (nSPS) is 9.96. The zero-order valence-corrected chi connectivity index (χ0v) is 14.0. The standard InChI is InChI=1S/C19H20N2O4/c1-14-6-5-9-16(10-14)21-18(23)13-25-19(24)12-20-17(22)11-15-7-3-2-4-8-15/h2-10H,11-13H2,1H3,(H,20,22)(H,21,23). The molecule has 2 N–H and O–H groups in total. The van der Waals surface area contributed by atoms with Crippen molar-refractivity contribution in [3.8, 4) is 0 Å². The summed E-state index contributed by atoms with van der Waals surface area (Å²) in [4.78, 5) is 35.1. The highest BCUT2D eigenvalue weighted by Crippen LogP contribution is 2.09. The molecule has 130 valence electrons. The number of hydrogen-bond acceptors (Lipinski definition) is 4. The predicted octanol–water partition coefficient (Wildman–Crippen LogP) is 1.84. The molecule has 6 heteroatoms. The van der Waals surface area contributed by atoms with Crippen LogP contribution in [-0.2, 0) is 25.5 Å². The van der Waals surface area contributed by atoms with Crippen molar-refractivity contribution in [1.82, 2.24) is 5.32 Å². The lowest BCUT2D eigenvalue weighted by atomic mass is 10.1. The van der Waals surface area contributed by atoms with Crippen molar-refractivity contribution < 1.29 is 19.1 Å². The molecule has 0 aliphatic heterocycles. The first-order valence-electron chi connectivity index (χ1n) is 7.85. The van der Waals surface area contributed by atoms with Crippen LogP contribution in [0.25, 0.3) is 0 Å². The Morgan fingerprint density at radius 3 is 2.44 bits per heavy atom. The van der Waals surface area contributed by atoms with E-state index in [1.807, 2.05) is 55.5 Å². The minimum atomic E-state index is -0.666. The fraction of sp³-hybridized carbons (Fsp3) is 0.211. The minimum Gasteiger partial charge on any atom is -0.454 e. The van der Waals surface area contributed by atoms with Crippen LogP contribution < -0.4 is 10.6 Å². The fourth-order valence-corrected chi connectivity index (χ4v) is 2.13. The Hall–Kier alpha value is -3.15. The van der Waals surface area contributed by atoms with E-state index in [4.69, 9.17) is 4.74 Å². The average molecular weight is 340 g/mol. The SMILES string of the molecule is Cc1cccc(NC(=O)COC(=O)CNC(=O)Cc2ccccc2)c1. The first kappa shape index (κ1) is 18.2. The fourth-order valence-electron chi connectivity index (χ4n) is 2.13. The molecule has 0 fully saturated rings. The minimum absolute atomic E-state index is 0.183. The Morgan fingerprint density at radius 1 is 0.960 bits per heavy atom. The highest BCUT2D eigenvalue weighted by molar-refractivity contribution is 5.93. The summed E-state index contributed by atoms with van der Waals surface area (Å²) >= 11 is 0. The van der Waals surface area contributed by atoms with Gasteiger partial charge in [-0.25, -0.2) is 0 Å². The Bertz CT molecular complexity index is 744. The second kappa shape index (κ2) is 9.22. The van der Waals surface area contributed by atoms with Gasteiger partial charge in [0.15, 0.2) is 6.61 Å². The highest BCUT2D eigenvalue weighted by Gasteiger charge is 2.10. The lowest BCUT2D eigenvalue weighted by Crippen LogP contribution is -2.33. The van der Waals surface area contributed by atoms with Crippen LogP contribution in [0.4, 0.5) is 5.69 Å². The second-order valence-electron chi connectivity index (χ2n) is 5.52. The Balaban J connectivity index is 1.66. The van der Waals surface area contributed by atoms with Gasteiger partial charge in [-0.1, -0.05) is 42.5 Å². The van der Waals surface area contributed by atoms with Crippen LogP contribution >= 0.6 is 0 Å². The van der Waals surface area contributed by atoms with Gasteiger partial charge in [0.2, 0.25) is 5.91 Å². The van der Waals surface area contributed by atoms with E-state index in [9.17, 15) is 14.4 Å². The van der Waals surface area contributed by atoms with Crippen LogP contribution in [0, 0.1) is 6.92 Å². The number of ether oxygens (including phenoxy) is 1. The van der Waals surface area contributed by atoms with E-state index in [0.717, 1.165) is 11.1 Å². The smallest absolute Gasteiger partial charge is 0.325 e. The molecule has 0 saturated heterocycles. The maximum absolute atomic E-state index is 11.7. The van der Waals surface area contributed by atoms with Gasteiger partial charge in [0.05, 0.1) is 6.42 Å². The molecular weight excluding hydrogens is 320 g/mol. The topological polar surface area (TPSA) is 84.5 Å². The Labute approximate surface area is 146 Å². The molecule has 0 bridgehead atoms. The molecule has 0 unspecified atom stereocenters. The summed E-state index contributed by atoms with van der Waals surface area (Å²) in [5, 5.41) is 5.10. The largest absolute Gasteiger partial charge is 0.454 e. The maximum atomic E-state index is 11.7. The van der Waals surface area contributed by atoms with E-state index < -0.39 is 18.5 Å². The predicted molar refractivity (Wildman–Crippen MR) is 93.9 cm³/mol. The maximum Gasteiger partial charge on any atom is 0.325 e.